The number of halogens is 1. The van der Waals surface area contributed by atoms with E-state index in [9.17, 15) is 9.18 Å². The zero-order valence-corrected chi connectivity index (χ0v) is 23.8. The van der Waals surface area contributed by atoms with Crippen LogP contribution < -0.4 is 10.6 Å². The largest absolute Gasteiger partial charge is 0.368 e. The maximum atomic E-state index is 13.5. The average Bonchev–Trinajstić information content (AvgIpc) is 3.73. The molecule has 0 aliphatic heterocycles. The second-order valence-corrected chi connectivity index (χ2v) is 10.7. The fourth-order valence-electron chi connectivity index (χ4n) is 5.39. The molecule has 0 radical (unpaired) electrons. The number of aromatic amines is 1. The minimum absolute atomic E-state index is 0.0446. The SMILES string of the molecule is CO[C@]1(C(=O)N[C@@H](C)c2ccc(-n3cc(F)cn3)nc2)CC[C@@H](c2nc(Nc3cc(C)[nH]n3)c3ncn(C)c3n2)CC1. The summed E-state index contributed by atoms with van der Waals surface area (Å²) in [4.78, 5) is 32.1. The van der Waals surface area contributed by atoms with Crippen molar-refractivity contribution in [1.82, 2.24) is 49.8 Å². The Balaban J connectivity index is 1.15. The fourth-order valence-corrected chi connectivity index (χ4v) is 5.39. The molecule has 13 nitrogen and oxygen atoms in total. The maximum absolute atomic E-state index is 13.5. The number of hydrogen-bond acceptors (Lipinski definition) is 9. The summed E-state index contributed by atoms with van der Waals surface area (Å²) in [5, 5.41) is 17.5. The van der Waals surface area contributed by atoms with E-state index in [0.717, 1.165) is 23.1 Å². The Morgan fingerprint density at radius 1 is 1.21 bits per heavy atom. The maximum Gasteiger partial charge on any atom is 0.252 e. The van der Waals surface area contributed by atoms with Crippen LogP contribution >= 0.6 is 0 Å². The van der Waals surface area contributed by atoms with Crippen molar-refractivity contribution in [1.29, 1.82) is 0 Å². The third-order valence-corrected chi connectivity index (χ3v) is 7.90. The van der Waals surface area contributed by atoms with E-state index in [2.05, 4.69) is 35.9 Å². The van der Waals surface area contributed by atoms with Crippen LogP contribution in [0.15, 0.2) is 43.1 Å². The molecule has 5 aromatic heterocycles. The van der Waals surface area contributed by atoms with Crippen molar-refractivity contribution in [3.8, 4) is 5.82 Å². The number of aryl methyl sites for hydroxylation is 2. The zero-order valence-electron chi connectivity index (χ0n) is 23.8. The molecule has 1 amide bonds. The molecule has 1 fully saturated rings. The Labute approximate surface area is 241 Å². The van der Waals surface area contributed by atoms with Crippen LogP contribution in [0.3, 0.4) is 0 Å². The van der Waals surface area contributed by atoms with Gasteiger partial charge in [0.25, 0.3) is 5.91 Å². The predicted molar refractivity (Wildman–Crippen MR) is 152 cm³/mol. The van der Waals surface area contributed by atoms with Gasteiger partial charge >= 0.3 is 0 Å². The second kappa shape index (κ2) is 10.9. The molecule has 0 unspecified atom stereocenters. The van der Waals surface area contributed by atoms with E-state index >= 15 is 0 Å². The van der Waals surface area contributed by atoms with E-state index in [1.165, 1.54) is 10.9 Å². The number of nitrogens with zero attached hydrogens (tertiary/aromatic N) is 8. The van der Waals surface area contributed by atoms with Gasteiger partial charge in [0.1, 0.15) is 11.4 Å². The van der Waals surface area contributed by atoms with Crippen LogP contribution in [-0.4, -0.2) is 63.1 Å². The van der Waals surface area contributed by atoms with E-state index in [4.69, 9.17) is 14.7 Å². The smallest absolute Gasteiger partial charge is 0.252 e. The van der Waals surface area contributed by atoms with Crippen molar-refractivity contribution in [2.45, 2.75) is 57.1 Å². The second-order valence-electron chi connectivity index (χ2n) is 10.7. The number of ether oxygens (including phenoxy) is 1. The van der Waals surface area contributed by atoms with Crippen molar-refractivity contribution in [2.75, 3.05) is 12.4 Å². The Bertz CT molecular complexity index is 1720. The van der Waals surface area contributed by atoms with Crippen LogP contribution in [0.4, 0.5) is 16.0 Å². The van der Waals surface area contributed by atoms with Crippen LogP contribution in [0.2, 0.25) is 0 Å². The lowest BCUT2D eigenvalue weighted by atomic mass is 9.77. The number of H-pyrrole nitrogens is 1. The molecular formula is C28H32FN11O2. The number of anilines is 2. The van der Waals surface area contributed by atoms with E-state index in [1.54, 1.807) is 25.7 Å². The first-order valence-corrected chi connectivity index (χ1v) is 13.8. The lowest BCUT2D eigenvalue weighted by Gasteiger charge is -2.38. The number of nitrogens with one attached hydrogen (secondary N) is 3. The van der Waals surface area contributed by atoms with Gasteiger partial charge in [-0.2, -0.15) is 10.2 Å². The van der Waals surface area contributed by atoms with Crippen molar-refractivity contribution in [2.24, 2.45) is 7.05 Å². The van der Waals surface area contributed by atoms with Crippen LogP contribution in [0.25, 0.3) is 17.0 Å². The Kier molecular flexibility index (Phi) is 7.14. The summed E-state index contributed by atoms with van der Waals surface area (Å²) >= 11 is 0. The quantitative estimate of drug-likeness (QED) is 0.252. The standard InChI is InChI=1S/C28H32FN11O2/c1-16-11-21(38-37-16)34-25-23-26(39(3)15-31-23)36-24(35-25)18-7-9-28(42-4,10-8-18)27(41)33-17(2)19-5-6-22(30-12-19)40-14-20(29)13-32-40/h5-6,11-15,17-18H,7-10H2,1-4H3,(H,33,41)(H2,34,35,36,37,38)/t17-,18-,28-/m0/s1. The number of fused-ring (bicyclic) bond motifs is 1. The zero-order chi connectivity index (χ0) is 29.4. The van der Waals surface area contributed by atoms with Gasteiger partial charge in [-0.15, -0.1) is 0 Å². The minimum Gasteiger partial charge on any atom is -0.368 e. The molecule has 42 heavy (non-hydrogen) atoms. The van der Waals surface area contributed by atoms with Gasteiger partial charge in [0, 0.05) is 38.0 Å². The number of carbonyl (C=O) groups excluding carboxylic acids is 1. The van der Waals surface area contributed by atoms with E-state index in [0.29, 0.717) is 54.5 Å². The highest BCUT2D eigenvalue weighted by molar-refractivity contribution is 5.86. The molecule has 3 N–H and O–H groups in total. The normalized spacial score (nSPS) is 19.6. The molecule has 6 rings (SSSR count). The number of hydrogen-bond donors (Lipinski definition) is 3. The summed E-state index contributed by atoms with van der Waals surface area (Å²) in [5.41, 5.74) is 2.16. The van der Waals surface area contributed by atoms with Crippen molar-refractivity contribution >= 4 is 28.7 Å². The average molecular weight is 574 g/mol. The lowest BCUT2D eigenvalue weighted by molar-refractivity contribution is -0.148. The summed E-state index contributed by atoms with van der Waals surface area (Å²) in [6.45, 7) is 3.82. The van der Waals surface area contributed by atoms with Gasteiger partial charge in [-0.3, -0.25) is 9.89 Å². The molecule has 218 valence electrons. The first-order chi connectivity index (χ1) is 20.2. The third kappa shape index (κ3) is 5.20. The van der Waals surface area contributed by atoms with Gasteiger partial charge in [0.05, 0.1) is 24.8 Å². The molecule has 0 bridgehead atoms. The number of imidazole rings is 1. The van der Waals surface area contributed by atoms with Crippen LogP contribution in [0.5, 0.6) is 0 Å². The molecule has 0 spiro atoms. The van der Waals surface area contributed by atoms with Crippen LogP contribution in [0, 0.1) is 12.7 Å². The molecule has 1 atom stereocenters. The number of aromatic nitrogens is 9. The lowest BCUT2D eigenvalue weighted by Crippen LogP contribution is -2.50. The number of carbonyl (C=O) groups is 1. The van der Waals surface area contributed by atoms with Crippen molar-refractivity contribution < 1.29 is 13.9 Å². The predicted octanol–water partition coefficient (Wildman–Crippen LogP) is 3.78. The summed E-state index contributed by atoms with van der Waals surface area (Å²) in [5.74, 6) is 1.86. The molecule has 1 aliphatic rings. The Morgan fingerprint density at radius 2 is 2.02 bits per heavy atom. The van der Waals surface area contributed by atoms with E-state index in [1.807, 2.05) is 37.6 Å². The number of amides is 1. The summed E-state index contributed by atoms with van der Waals surface area (Å²) < 4.78 is 22.4. The Hall–Kier alpha value is -4.72. The molecule has 14 heteroatoms. The first-order valence-electron chi connectivity index (χ1n) is 13.8. The van der Waals surface area contributed by atoms with Gasteiger partial charge in [-0.25, -0.2) is 29.0 Å². The number of methoxy groups -OCH3 is 1. The molecule has 5 heterocycles. The van der Waals surface area contributed by atoms with Crippen LogP contribution in [0.1, 0.15) is 61.6 Å². The molecule has 1 saturated carbocycles. The van der Waals surface area contributed by atoms with Crippen molar-refractivity contribution in [3.63, 3.8) is 0 Å². The van der Waals surface area contributed by atoms with Gasteiger partial charge in [0.15, 0.2) is 34.4 Å². The van der Waals surface area contributed by atoms with Gasteiger partial charge in [-0.05, 0) is 51.2 Å². The van der Waals surface area contributed by atoms with E-state index < -0.39 is 11.4 Å². The monoisotopic (exact) mass is 573 g/mol. The van der Waals surface area contributed by atoms with Crippen molar-refractivity contribution in [3.05, 3.63) is 66.0 Å². The highest BCUT2D eigenvalue weighted by Crippen LogP contribution is 2.40. The number of pyridine rings is 1. The molecule has 5 aromatic rings. The Morgan fingerprint density at radius 3 is 2.67 bits per heavy atom. The molecule has 1 aliphatic carbocycles. The summed E-state index contributed by atoms with van der Waals surface area (Å²) in [6, 6.07) is 5.16. The minimum atomic E-state index is -0.963. The molecule has 0 aromatic carbocycles. The highest BCUT2D eigenvalue weighted by atomic mass is 19.1. The van der Waals surface area contributed by atoms with Gasteiger partial charge < -0.3 is 19.9 Å². The fraction of sp³-hybridized carbons (Fsp3) is 0.393. The van der Waals surface area contributed by atoms with Gasteiger partial charge in [-0.1, -0.05) is 6.07 Å². The topological polar surface area (TPSA) is 153 Å². The number of rotatable bonds is 8. The summed E-state index contributed by atoms with van der Waals surface area (Å²) in [6.07, 6.45) is 8.13. The third-order valence-electron chi connectivity index (χ3n) is 7.90. The first kappa shape index (κ1) is 27.4. The van der Waals surface area contributed by atoms with Gasteiger partial charge in [0.2, 0.25) is 0 Å². The summed E-state index contributed by atoms with van der Waals surface area (Å²) in [7, 11) is 3.48. The van der Waals surface area contributed by atoms with E-state index in [-0.39, 0.29) is 17.9 Å². The van der Waals surface area contributed by atoms with Crippen LogP contribution in [-0.2, 0) is 16.6 Å². The molecule has 0 saturated heterocycles. The molecular weight excluding hydrogens is 541 g/mol. The highest BCUT2D eigenvalue weighted by Gasteiger charge is 2.43.